The van der Waals surface area contributed by atoms with Crippen molar-refractivity contribution in [3.8, 4) is 11.4 Å². The molecular weight excluding hydrogens is 455 g/mol. The van der Waals surface area contributed by atoms with Gasteiger partial charge in [0, 0.05) is 23.3 Å². The van der Waals surface area contributed by atoms with Crippen molar-refractivity contribution < 1.29 is 22.7 Å². The molecule has 2 aromatic heterocycles. The quantitative estimate of drug-likeness (QED) is 0.419. The van der Waals surface area contributed by atoms with Crippen molar-refractivity contribution in [3.05, 3.63) is 47.5 Å². The highest BCUT2D eigenvalue weighted by atomic mass is 32.1. The molecule has 0 saturated heterocycles. The van der Waals surface area contributed by atoms with Crippen LogP contribution >= 0.6 is 11.3 Å². The molecule has 3 rings (SSSR count). The van der Waals surface area contributed by atoms with Gasteiger partial charge in [0.25, 0.3) is 0 Å². The van der Waals surface area contributed by atoms with Crippen LogP contribution in [0.15, 0.2) is 36.1 Å². The van der Waals surface area contributed by atoms with Gasteiger partial charge in [0.2, 0.25) is 5.91 Å². The highest BCUT2D eigenvalue weighted by Crippen LogP contribution is 2.31. The zero-order valence-corrected chi connectivity index (χ0v) is 19.5. The van der Waals surface area contributed by atoms with Crippen LogP contribution < -0.4 is 15.4 Å². The van der Waals surface area contributed by atoms with Gasteiger partial charge in [-0.15, -0.1) is 11.3 Å². The number of carbonyl (C=O) groups is 1. The van der Waals surface area contributed by atoms with Crippen LogP contribution in [0.4, 0.5) is 24.0 Å². The van der Waals surface area contributed by atoms with Crippen LogP contribution in [0.1, 0.15) is 44.1 Å². The summed E-state index contributed by atoms with van der Waals surface area (Å²) in [5.41, 5.74) is 2.96. The van der Waals surface area contributed by atoms with E-state index in [1.807, 2.05) is 49.7 Å². The zero-order chi connectivity index (χ0) is 24.2. The van der Waals surface area contributed by atoms with Crippen LogP contribution in [0, 0.1) is 12.8 Å². The maximum absolute atomic E-state index is 12.6. The number of aryl methyl sites for hydroxylation is 1. The van der Waals surface area contributed by atoms with E-state index in [9.17, 15) is 18.0 Å². The third kappa shape index (κ3) is 6.95. The number of halogens is 3. The Bertz CT molecular complexity index is 1090. The fraction of sp³-hybridized carbons (Fsp3) is 0.409. The van der Waals surface area contributed by atoms with Gasteiger partial charge in [-0.25, -0.2) is 9.97 Å². The molecule has 1 unspecified atom stereocenters. The van der Waals surface area contributed by atoms with E-state index in [0.717, 1.165) is 17.1 Å². The first kappa shape index (κ1) is 24.6. The second-order valence-electron chi connectivity index (χ2n) is 8.05. The maximum atomic E-state index is 12.6. The average molecular weight is 482 g/mol. The first-order valence-corrected chi connectivity index (χ1v) is 11.2. The first-order valence-electron chi connectivity index (χ1n) is 10.3. The Morgan fingerprint density at radius 3 is 2.67 bits per heavy atom. The molecule has 1 aromatic carbocycles. The van der Waals surface area contributed by atoms with Crippen LogP contribution in [0.3, 0.4) is 0 Å². The molecule has 0 fully saturated rings. The number of ether oxygens (including phenoxy) is 1. The monoisotopic (exact) mass is 481 g/mol. The Morgan fingerprint density at radius 1 is 1.30 bits per heavy atom. The predicted octanol–water partition coefficient (Wildman–Crippen LogP) is 5.55. The summed E-state index contributed by atoms with van der Waals surface area (Å²) in [6.45, 7) is 5.77. The number of aromatic nitrogens is 3. The molecule has 0 aliphatic heterocycles. The summed E-state index contributed by atoms with van der Waals surface area (Å²) in [7, 11) is 1.58. The van der Waals surface area contributed by atoms with Crippen molar-refractivity contribution in [3.63, 3.8) is 0 Å². The minimum absolute atomic E-state index is 0.155. The highest BCUT2D eigenvalue weighted by molar-refractivity contribution is 7.13. The van der Waals surface area contributed by atoms with E-state index in [1.165, 1.54) is 11.3 Å². The molecule has 178 valence electrons. The van der Waals surface area contributed by atoms with Crippen molar-refractivity contribution in [2.24, 2.45) is 5.92 Å². The smallest absolute Gasteiger partial charge is 0.397 e. The lowest BCUT2D eigenvalue weighted by molar-refractivity contribution is -0.154. The number of amides is 1. The number of rotatable bonds is 9. The van der Waals surface area contributed by atoms with Gasteiger partial charge in [-0.2, -0.15) is 13.2 Å². The van der Waals surface area contributed by atoms with Crippen LogP contribution in [0.5, 0.6) is 5.75 Å². The van der Waals surface area contributed by atoms with E-state index < -0.39 is 24.5 Å². The van der Waals surface area contributed by atoms with Gasteiger partial charge in [0.1, 0.15) is 12.2 Å². The number of alkyl halides is 3. The highest BCUT2D eigenvalue weighted by Gasteiger charge is 2.32. The molecule has 1 atom stereocenters. The lowest BCUT2D eigenvalue weighted by Crippen LogP contribution is -2.33. The van der Waals surface area contributed by atoms with E-state index >= 15 is 0 Å². The summed E-state index contributed by atoms with van der Waals surface area (Å²) in [6.07, 6.45) is -2.00. The molecule has 0 spiro atoms. The van der Waals surface area contributed by atoms with Gasteiger partial charge in [0.05, 0.1) is 36.6 Å². The fourth-order valence-corrected chi connectivity index (χ4v) is 4.09. The number of thiazole rings is 1. The van der Waals surface area contributed by atoms with E-state index in [-0.39, 0.29) is 5.92 Å². The molecule has 0 bridgehead atoms. The van der Waals surface area contributed by atoms with E-state index in [0.29, 0.717) is 23.0 Å². The van der Waals surface area contributed by atoms with Crippen molar-refractivity contribution in [2.75, 3.05) is 12.4 Å². The first-order chi connectivity index (χ1) is 15.5. The Hall–Kier alpha value is -3.08. The summed E-state index contributed by atoms with van der Waals surface area (Å²) in [4.78, 5) is 20.6. The second-order valence-corrected chi connectivity index (χ2v) is 8.91. The number of benzene rings is 1. The van der Waals surface area contributed by atoms with Gasteiger partial charge in [0.15, 0.2) is 5.13 Å². The number of hydrogen-bond acceptors (Lipinski definition) is 6. The van der Waals surface area contributed by atoms with Crippen molar-refractivity contribution in [1.29, 1.82) is 0 Å². The van der Waals surface area contributed by atoms with Gasteiger partial charge < -0.3 is 19.9 Å². The molecule has 7 nitrogen and oxygen atoms in total. The third-order valence-electron chi connectivity index (χ3n) is 4.70. The normalized spacial score (nSPS) is 12.6. The number of nitrogens with zero attached hydrogens (tertiary/aromatic N) is 3. The fourth-order valence-electron chi connectivity index (χ4n) is 3.30. The number of carbonyl (C=O) groups excluding carboxylic acids is 1. The number of anilines is 2. The van der Waals surface area contributed by atoms with Crippen molar-refractivity contribution >= 4 is 28.1 Å². The van der Waals surface area contributed by atoms with Gasteiger partial charge >= 0.3 is 6.18 Å². The molecule has 0 aliphatic rings. The van der Waals surface area contributed by atoms with Gasteiger partial charge in [-0.05, 0) is 31.4 Å². The zero-order valence-electron chi connectivity index (χ0n) is 18.7. The molecule has 3 aromatic rings. The minimum Gasteiger partial charge on any atom is -0.494 e. The Balaban J connectivity index is 1.76. The summed E-state index contributed by atoms with van der Waals surface area (Å²) < 4.78 is 45.1. The minimum atomic E-state index is -4.55. The molecule has 2 N–H and O–H groups in total. The van der Waals surface area contributed by atoms with Gasteiger partial charge in [-0.1, -0.05) is 13.8 Å². The van der Waals surface area contributed by atoms with Crippen LogP contribution in [-0.2, 0) is 4.79 Å². The Kier molecular flexibility index (Phi) is 7.62. The average Bonchev–Trinajstić information content (AvgIpc) is 3.34. The molecule has 0 radical (unpaired) electrons. The van der Waals surface area contributed by atoms with Crippen molar-refractivity contribution in [2.45, 2.75) is 45.8 Å². The summed E-state index contributed by atoms with van der Waals surface area (Å²) in [6, 6.07) is 4.97. The lowest BCUT2D eigenvalue weighted by Gasteiger charge is -2.19. The molecule has 11 heteroatoms. The number of methoxy groups -OCH3 is 1. The van der Waals surface area contributed by atoms with Gasteiger partial charge in [-0.3, -0.25) is 4.79 Å². The molecule has 0 aliphatic carbocycles. The number of imidazole rings is 1. The van der Waals surface area contributed by atoms with Crippen LogP contribution in [0.25, 0.3) is 5.69 Å². The third-order valence-corrected chi connectivity index (χ3v) is 5.48. The topological polar surface area (TPSA) is 81.1 Å². The van der Waals surface area contributed by atoms with Crippen LogP contribution in [0.2, 0.25) is 0 Å². The van der Waals surface area contributed by atoms with Crippen molar-refractivity contribution in [1.82, 2.24) is 19.9 Å². The Morgan fingerprint density at radius 2 is 2.06 bits per heavy atom. The maximum Gasteiger partial charge on any atom is 0.397 e. The van der Waals surface area contributed by atoms with E-state index in [2.05, 4.69) is 20.6 Å². The molecule has 0 saturated carbocycles. The lowest BCUT2D eigenvalue weighted by atomic mass is 10.0. The van der Waals surface area contributed by atoms with E-state index in [1.54, 1.807) is 18.8 Å². The van der Waals surface area contributed by atoms with E-state index in [4.69, 9.17) is 4.74 Å². The number of nitrogens with one attached hydrogen (secondary N) is 2. The summed E-state index contributed by atoms with van der Waals surface area (Å²) in [5, 5.41) is 7.96. The molecule has 2 heterocycles. The SMILES string of the molecule is COc1cc(Nc2nc(C(CC(C)C)NC(=O)CC(F)(F)F)cs2)ccc1-n1cnc(C)c1. The standard InChI is InChI=1S/C22H26F3N5O2S/c1-13(2)7-16(28-20(31)9-22(23,24)25)17-11-33-21(29-17)27-15-5-6-18(19(8-15)32-4)30-10-14(3)26-12-30/h5-6,8,10-13,16H,7,9H2,1-4H3,(H,27,29)(H,28,31). The summed E-state index contributed by atoms with van der Waals surface area (Å²) >= 11 is 1.31. The molecule has 1 amide bonds. The predicted molar refractivity (Wildman–Crippen MR) is 121 cm³/mol. The Labute approximate surface area is 194 Å². The second kappa shape index (κ2) is 10.2. The number of hydrogen-bond donors (Lipinski definition) is 2. The summed E-state index contributed by atoms with van der Waals surface area (Å²) in [5.74, 6) is -0.278. The van der Waals surface area contributed by atoms with Crippen LogP contribution in [-0.4, -0.2) is 33.7 Å². The molecular formula is C22H26F3N5O2S. The molecule has 33 heavy (non-hydrogen) atoms. The largest absolute Gasteiger partial charge is 0.494 e.